The second-order valence-corrected chi connectivity index (χ2v) is 5.31. The van der Waals surface area contributed by atoms with E-state index in [2.05, 4.69) is 4.74 Å². The van der Waals surface area contributed by atoms with E-state index in [-0.39, 0.29) is 11.3 Å². The Kier molecular flexibility index (Phi) is 6.62. The Bertz CT molecular complexity index is 699. The highest BCUT2D eigenvalue weighted by atomic mass is 19.3. The Morgan fingerprint density at radius 2 is 1.64 bits per heavy atom. The Balaban J connectivity index is 1.93. The maximum atomic E-state index is 12.2. The number of ether oxygens (including phenoxy) is 2. The summed E-state index contributed by atoms with van der Waals surface area (Å²) in [5.41, 5.74) is 1.08. The van der Waals surface area contributed by atoms with Gasteiger partial charge in [0.05, 0.1) is 5.92 Å². The van der Waals surface area contributed by atoms with E-state index in [0.29, 0.717) is 6.42 Å². The van der Waals surface area contributed by atoms with Gasteiger partial charge in [-0.05, 0) is 36.2 Å². The van der Waals surface area contributed by atoms with Gasteiger partial charge in [0.1, 0.15) is 5.75 Å². The van der Waals surface area contributed by atoms with Gasteiger partial charge in [-0.1, -0.05) is 37.3 Å². The van der Waals surface area contributed by atoms with Crippen molar-refractivity contribution in [2.24, 2.45) is 0 Å². The molecule has 2 aromatic rings. The van der Waals surface area contributed by atoms with E-state index in [0.717, 1.165) is 5.56 Å². The van der Waals surface area contributed by atoms with Crippen LogP contribution in [-0.4, -0.2) is 25.0 Å². The molecule has 0 heterocycles. The first-order chi connectivity index (χ1) is 12.0. The molecule has 0 amide bonds. The van der Waals surface area contributed by atoms with Crippen LogP contribution in [0, 0.1) is 0 Å². The molecule has 0 aromatic heterocycles. The quantitative estimate of drug-likeness (QED) is 0.530. The van der Waals surface area contributed by atoms with Gasteiger partial charge in [-0.15, -0.1) is 0 Å². The van der Waals surface area contributed by atoms with Gasteiger partial charge in [0.15, 0.2) is 12.4 Å². The summed E-state index contributed by atoms with van der Waals surface area (Å²) in [6.45, 7) is -1.47. The zero-order valence-electron chi connectivity index (χ0n) is 13.7. The number of esters is 1. The van der Waals surface area contributed by atoms with E-state index in [1.165, 1.54) is 24.3 Å². The summed E-state index contributed by atoms with van der Waals surface area (Å²) < 4.78 is 33.5. The lowest BCUT2D eigenvalue weighted by Gasteiger charge is -2.14. The predicted molar refractivity (Wildman–Crippen MR) is 87.8 cm³/mol. The fraction of sp³-hybridized carbons (Fsp3) is 0.263. The molecule has 0 aliphatic carbocycles. The Morgan fingerprint density at radius 1 is 1.00 bits per heavy atom. The van der Waals surface area contributed by atoms with Crippen LogP contribution in [0.3, 0.4) is 0 Å². The van der Waals surface area contributed by atoms with Gasteiger partial charge in [-0.3, -0.25) is 9.59 Å². The Labute approximate surface area is 144 Å². The molecule has 2 rings (SSSR count). The minimum absolute atomic E-state index is 0.0429. The number of carbonyl (C=O) groups excluding carboxylic acids is 2. The zero-order valence-corrected chi connectivity index (χ0v) is 13.7. The van der Waals surface area contributed by atoms with Gasteiger partial charge in [0.2, 0.25) is 0 Å². The van der Waals surface area contributed by atoms with Crippen LogP contribution in [0.1, 0.15) is 35.2 Å². The molecule has 0 aliphatic heterocycles. The van der Waals surface area contributed by atoms with Gasteiger partial charge in [-0.2, -0.15) is 8.78 Å². The van der Waals surface area contributed by atoms with E-state index in [4.69, 9.17) is 4.74 Å². The van der Waals surface area contributed by atoms with Gasteiger partial charge in [0.25, 0.3) is 0 Å². The molecule has 0 radical (unpaired) electrons. The molecule has 0 fully saturated rings. The molecular weight excluding hydrogens is 330 g/mol. The standard InChI is InChI=1S/C19H18F2O4/c1-2-16(13-6-4-3-5-7-13)18(23)24-12-17(22)14-8-10-15(11-9-14)25-19(20)21/h3-11,16,19H,2,12H2,1H3. The number of alkyl halides is 2. The molecule has 1 unspecified atom stereocenters. The van der Waals surface area contributed by atoms with Crippen molar-refractivity contribution in [2.45, 2.75) is 25.9 Å². The van der Waals surface area contributed by atoms with Crippen LogP contribution in [0.4, 0.5) is 8.78 Å². The van der Waals surface area contributed by atoms with Gasteiger partial charge in [0, 0.05) is 5.56 Å². The van der Waals surface area contributed by atoms with Crippen molar-refractivity contribution < 1.29 is 27.8 Å². The minimum atomic E-state index is -2.92. The first-order valence-corrected chi connectivity index (χ1v) is 7.81. The van der Waals surface area contributed by atoms with Gasteiger partial charge < -0.3 is 9.47 Å². The van der Waals surface area contributed by atoms with Crippen LogP contribution >= 0.6 is 0 Å². The largest absolute Gasteiger partial charge is 0.457 e. The number of hydrogen-bond donors (Lipinski definition) is 0. The maximum absolute atomic E-state index is 12.2. The van der Waals surface area contributed by atoms with Crippen LogP contribution in [0.2, 0.25) is 0 Å². The highest BCUT2D eigenvalue weighted by molar-refractivity contribution is 5.98. The predicted octanol–water partition coefficient (Wildman–Crippen LogP) is 4.21. The molecule has 0 saturated carbocycles. The molecule has 0 spiro atoms. The van der Waals surface area contributed by atoms with Crippen molar-refractivity contribution in [3.05, 3.63) is 65.7 Å². The Hall–Kier alpha value is -2.76. The molecule has 6 heteroatoms. The number of ketones is 1. The summed E-state index contributed by atoms with van der Waals surface area (Å²) in [6, 6.07) is 14.4. The first-order valence-electron chi connectivity index (χ1n) is 7.81. The number of benzene rings is 2. The van der Waals surface area contributed by atoms with Crippen molar-refractivity contribution in [2.75, 3.05) is 6.61 Å². The van der Waals surface area contributed by atoms with Crippen molar-refractivity contribution in [1.82, 2.24) is 0 Å². The van der Waals surface area contributed by atoms with Crippen molar-refractivity contribution in [1.29, 1.82) is 0 Å². The van der Waals surface area contributed by atoms with Crippen LogP contribution in [0.25, 0.3) is 0 Å². The minimum Gasteiger partial charge on any atom is -0.457 e. The van der Waals surface area contributed by atoms with Crippen LogP contribution in [-0.2, 0) is 9.53 Å². The summed E-state index contributed by atoms with van der Waals surface area (Å²) in [5, 5.41) is 0. The van der Waals surface area contributed by atoms with Crippen LogP contribution < -0.4 is 4.74 Å². The van der Waals surface area contributed by atoms with E-state index in [1.807, 2.05) is 37.3 Å². The summed E-state index contributed by atoms with van der Waals surface area (Å²) in [5.74, 6) is -1.37. The summed E-state index contributed by atoms with van der Waals surface area (Å²) >= 11 is 0. The van der Waals surface area contributed by atoms with Crippen molar-refractivity contribution in [3.8, 4) is 5.75 Å². The van der Waals surface area contributed by atoms with Crippen LogP contribution in [0.5, 0.6) is 5.75 Å². The lowest BCUT2D eigenvalue weighted by atomic mass is 9.97. The first kappa shape index (κ1) is 18.6. The number of Topliss-reactive ketones (excluding diaryl/α,β-unsaturated/α-hetero) is 1. The van der Waals surface area contributed by atoms with Crippen molar-refractivity contribution >= 4 is 11.8 Å². The second-order valence-electron chi connectivity index (χ2n) is 5.31. The molecular formula is C19H18F2O4. The highest BCUT2D eigenvalue weighted by Crippen LogP contribution is 2.21. The molecule has 0 aliphatic rings. The number of carbonyl (C=O) groups is 2. The summed E-state index contributed by atoms with van der Waals surface area (Å²) in [7, 11) is 0. The van der Waals surface area contributed by atoms with E-state index < -0.39 is 30.9 Å². The smallest absolute Gasteiger partial charge is 0.387 e. The summed E-state index contributed by atoms with van der Waals surface area (Å²) in [6.07, 6.45) is 0.552. The van der Waals surface area contributed by atoms with E-state index >= 15 is 0 Å². The van der Waals surface area contributed by atoms with E-state index in [9.17, 15) is 18.4 Å². The molecule has 2 aromatic carbocycles. The third kappa shape index (κ3) is 5.38. The fourth-order valence-corrected chi connectivity index (χ4v) is 2.37. The monoisotopic (exact) mass is 348 g/mol. The number of halogens is 2. The Morgan fingerprint density at radius 3 is 2.20 bits per heavy atom. The van der Waals surface area contributed by atoms with Gasteiger partial charge in [-0.25, -0.2) is 0 Å². The highest BCUT2D eigenvalue weighted by Gasteiger charge is 2.21. The molecule has 0 bridgehead atoms. The summed E-state index contributed by atoms with van der Waals surface area (Å²) in [4.78, 5) is 24.3. The zero-order chi connectivity index (χ0) is 18.2. The van der Waals surface area contributed by atoms with Gasteiger partial charge >= 0.3 is 12.6 Å². The third-order valence-electron chi connectivity index (χ3n) is 3.64. The molecule has 1 atom stereocenters. The second kappa shape index (κ2) is 8.92. The lowest BCUT2D eigenvalue weighted by Crippen LogP contribution is -2.20. The van der Waals surface area contributed by atoms with Crippen LogP contribution in [0.15, 0.2) is 54.6 Å². The third-order valence-corrected chi connectivity index (χ3v) is 3.64. The molecule has 0 saturated heterocycles. The SMILES string of the molecule is CCC(C(=O)OCC(=O)c1ccc(OC(F)F)cc1)c1ccccc1. The maximum Gasteiger partial charge on any atom is 0.387 e. The lowest BCUT2D eigenvalue weighted by molar-refractivity contribution is -0.144. The fourth-order valence-electron chi connectivity index (χ4n) is 2.37. The van der Waals surface area contributed by atoms with E-state index in [1.54, 1.807) is 0 Å². The molecule has 4 nitrogen and oxygen atoms in total. The molecule has 0 N–H and O–H groups in total. The average Bonchev–Trinajstić information content (AvgIpc) is 2.61. The molecule has 25 heavy (non-hydrogen) atoms. The van der Waals surface area contributed by atoms with Crippen molar-refractivity contribution in [3.63, 3.8) is 0 Å². The normalized spacial score (nSPS) is 11.8. The topological polar surface area (TPSA) is 52.6 Å². The molecule has 132 valence electrons. The average molecular weight is 348 g/mol. The number of rotatable bonds is 8. The number of hydrogen-bond acceptors (Lipinski definition) is 4.